The van der Waals surface area contributed by atoms with Gasteiger partial charge < -0.3 is 14.7 Å². The van der Waals surface area contributed by atoms with E-state index in [1.54, 1.807) is 12.1 Å². The van der Waals surface area contributed by atoms with Gasteiger partial charge in [0.05, 0.1) is 16.0 Å². The molecule has 27 heavy (non-hydrogen) atoms. The molecule has 2 N–H and O–H groups in total. The third kappa shape index (κ3) is 3.15. The molecule has 0 spiro atoms. The Morgan fingerprint density at radius 1 is 1.15 bits per heavy atom. The molecule has 2 aromatic carbocycles. The Hall–Kier alpha value is -3.94. The summed E-state index contributed by atoms with van der Waals surface area (Å²) in [6.45, 7) is 1.84. The first-order valence-electron chi connectivity index (χ1n) is 8.12. The molecule has 4 rings (SSSR count). The predicted octanol–water partition coefficient (Wildman–Crippen LogP) is 4.29. The number of fused-ring (bicyclic) bond motifs is 1. The van der Waals surface area contributed by atoms with Crippen LogP contribution >= 0.6 is 0 Å². The molecule has 4 aromatic rings. The molecule has 0 aliphatic heterocycles. The van der Waals surface area contributed by atoms with Gasteiger partial charge in [0.1, 0.15) is 11.3 Å². The summed E-state index contributed by atoms with van der Waals surface area (Å²) in [4.78, 5) is 30.5. The molecule has 0 saturated carbocycles. The van der Waals surface area contributed by atoms with Gasteiger partial charge in [-0.05, 0) is 43.3 Å². The fourth-order valence-electron chi connectivity index (χ4n) is 2.76. The summed E-state index contributed by atoms with van der Waals surface area (Å²) in [5.74, 6) is 1.53. The molecule has 0 aliphatic rings. The molecule has 0 unspecified atom stereocenters. The van der Waals surface area contributed by atoms with Crippen LogP contribution in [0.4, 0.5) is 11.4 Å². The van der Waals surface area contributed by atoms with E-state index in [4.69, 9.17) is 4.42 Å². The lowest BCUT2D eigenvalue weighted by Gasteiger charge is -2.05. The Balaban J connectivity index is 1.65. The van der Waals surface area contributed by atoms with Gasteiger partial charge in [-0.25, -0.2) is 4.98 Å². The average molecular weight is 362 g/mol. The number of hydrogen-bond acceptors (Lipinski definition) is 5. The second-order valence-electron chi connectivity index (χ2n) is 5.96. The van der Waals surface area contributed by atoms with Gasteiger partial charge in [-0.1, -0.05) is 6.07 Å². The van der Waals surface area contributed by atoms with E-state index in [1.165, 1.54) is 24.3 Å². The zero-order valence-electron chi connectivity index (χ0n) is 14.2. The Morgan fingerprint density at radius 3 is 2.59 bits per heavy atom. The molecule has 0 aliphatic carbocycles. The van der Waals surface area contributed by atoms with Crippen molar-refractivity contribution in [1.82, 2.24) is 9.97 Å². The van der Waals surface area contributed by atoms with Gasteiger partial charge >= 0.3 is 0 Å². The van der Waals surface area contributed by atoms with Gasteiger partial charge in [0.15, 0.2) is 11.6 Å². The number of nitrogens with zero attached hydrogens (tertiary/aromatic N) is 2. The Labute approximate surface area is 153 Å². The highest BCUT2D eigenvalue weighted by Crippen LogP contribution is 2.25. The highest BCUT2D eigenvalue weighted by molar-refractivity contribution is 6.11. The van der Waals surface area contributed by atoms with Crippen LogP contribution in [0.15, 0.2) is 59.0 Å². The Kier molecular flexibility index (Phi) is 3.92. The molecule has 134 valence electrons. The number of aromatic amines is 1. The number of benzene rings is 2. The van der Waals surface area contributed by atoms with Crippen molar-refractivity contribution in [1.29, 1.82) is 0 Å². The monoisotopic (exact) mass is 362 g/mol. The second kappa shape index (κ2) is 6.41. The number of H-pyrrole nitrogens is 1. The Bertz CT molecular complexity index is 1160. The van der Waals surface area contributed by atoms with Gasteiger partial charge in [0.2, 0.25) is 0 Å². The third-order valence-electron chi connectivity index (χ3n) is 4.07. The number of amides is 1. The van der Waals surface area contributed by atoms with E-state index in [0.29, 0.717) is 33.9 Å². The fourth-order valence-corrected chi connectivity index (χ4v) is 2.76. The number of aromatic nitrogens is 2. The normalized spacial score (nSPS) is 10.9. The standard InChI is InChI=1S/C19H14N4O4/c1-11-5-10-16(27-11)18-21-15-4-2-3-14(17(15)22-18)19(24)20-12-6-8-13(9-7-12)23(25)26/h2-10H,1H3,(H,20,24)(H,21,22). The van der Waals surface area contributed by atoms with Crippen molar-refractivity contribution < 1.29 is 14.1 Å². The molecular weight excluding hydrogens is 348 g/mol. The summed E-state index contributed by atoms with van der Waals surface area (Å²) in [6, 6.07) is 14.5. The van der Waals surface area contributed by atoms with Crippen LogP contribution < -0.4 is 5.32 Å². The van der Waals surface area contributed by atoms with E-state index in [2.05, 4.69) is 15.3 Å². The van der Waals surface area contributed by atoms with Gasteiger partial charge in [-0.3, -0.25) is 14.9 Å². The number of furan rings is 1. The number of rotatable bonds is 4. The number of aryl methyl sites for hydroxylation is 1. The van der Waals surface area contributed by atoms with Crippen molar-refractivity contribution in [2.75, 3.05) is 5.32 Å². The SMILES string of the molecule is Cc1ccc(-c2nc3c(C(=O)Nc4ccc([N+](=O)[O-])cc4)cccc3[nH]2)o1. The highest BCUT2D eigenvalue weighted by atomic mass is 16.6. The van der Waals surface area contributed by atoms with E-state index < -0.39 is 4.92 Å². The molecule has 2 heterocycles. The maximum Gasteiger partial charge on any atom is 0.269 e. The number of nitrogens with one attached hydrogen (secondary N) is 2. The van der Waals surface area contributed by atoms with Gasteiger partial charge in [-0.2, -0.15) is 0 Å². The second-order valence-corrected chi connectivity index (χ2v) is 5.96. The lowest BCUT2D eigenvalue weighted by atomic mass is 10.1. The minimum Gasteiger partial charge on any atom is -0.458 e. The molecule has 0 saturated heterocycles. The van der Waals surface area contributed by atoms with Gasteiger partial charge in [0.25, 0.3) is 11.6 Å². The lowest BCUT2D eigenvalue weighted by molar-refractivity contribution is -0.384. The van der Waals surface area contributed by atoms with Crippen molar-refractivity contribution in [2.45, 2.75) is 6.92 Å². The molecular formula is C19H14N4O4. The van der Waals surface area contributed by atoms with Crippen LogP contribution in [0.25, 0.3) is 22.6 Å². The average Bonchev–Trinajstić information content (AvgIpc) is 3.27. The summed E-state index contributed by atoms with van der Waals surface area (Å²) in [5, 5.41) is 13.5. The van der Waals surface area contributed by atoms with E-state index in [0.717, 1.165) is 5.76 Å². The zero-order valence-corrected chi connectivity index (χ0v) is 14.2. The number of nitro benzene ring substituents is 1. The summed E-state index contributed by atoms with van der Waals surface area (Å²) >= 11 is 0. The van der Waals surface area contributed by atoms with Crippen molar-refractivity contribution in [3.63, 3.8) is 0 Å². The van der Waals surface area contributed by atoms with Crippen LogP contribution in [0.3, 0.4) is 0 Å². The van der Waals surface area contributed by atoms with Gasteiger partial charge in [-0.15, -0.1) is 0 Å². The van der Waals surface area contributed by atoms with Gasteiger partial charge in [0, 0.05) is 17.8 Å². The topological polar surface area (TPSA) is 114 Å². The first-order valence-corrected chi connectivity index (χ1v) is 8.12. The lowest BCUT2D eigenvalue weighted by Crippen LogP contribution is -2.12. The highest BCUT2D eigenvalue weighted by Gasteiger charge is 2.16. The van der Waals surface area contributed by atoms with Crippen LogP contribution in [0.1, 0.15) is 16.1 Å². The van der Waals surface area contributed by atoms with Crippen LogP contribution in [-0.2, 0) is 0 Å². The predicted molar refractivity (Wildman–Crippen MR) is 99.6 cm³/mol. The minimum absolute atomic E-state index is 0.0409. The number of non-ortho nitro benzene ring substituents is 1. The van der Waals surface area contributed by atoms with E-state index in [-0.39, 0.29) is 11.6 Å². The summed E-state index contributed by atoms with van der Waals surface area (Å²) < 4.78 is 5.58. The quantitative estimate of drug-likeness (QED) is 0.415. The first-order chi connectivity index (χ1) is 13.0. The maximum atomic E-state index is 12.7. The molecule has 0 bridgehead atoms. The minimum atomic E-state index is -0.492. The molecule has 8 nitrogen and oxygen atoms in total. The molecule has 1 amide bonds. The van der Waals surface area contributed by atoms with E-state index in [1.807, 2.05) is 25.1 Å². The fraction of sp³-hybridized carbons (Fsp3) is 0.0526. The molecule has 0 atom stereocenters. The maximum absolute atomic E-state index is 12.7. The van der Waals surface area contributed by atoms with Crippen molar-refractivity contribution in [3.8, 4) is 11.6 Å². The number of carbonyl (C=O) groups is 1. The first kappa shape index (κ1) is 16.5. The van der Waals surface area contributed by atoms with E-state index in [9.17, 15) is 14.9 Å². The summed E-state index contributed by atoms with van der Waals surface area (Å²) in [5.41, 5.74) is 2.02. The number of carbonyl (C=O) groups excluding carboxylic acids is 1. The number of anilines is 1. The van der Waals surface area contributed by atoms with Crippen molar-refractivity contribution in [3.05, 3.63) is 76.0 Å². The molecule has 8 heteroatoms. The number of hydrogen-bond donors (Lipinski definition) is 2. The van der Waals surface area contributed by atoms with Crippen molar-refractivity contribution in [2.24, 2.45) is 0 Å². The van der Waals surface area contributed by atoms with Crippen molar-refractivity contribution >= 4 is 28.3 Å². The van der Waals surface area contributed by atoms with Crippen LogP contribution in [0, 0.1) is 17.0 Å². The van der Waals surface area contributed by atoms with Crippen LogP contribution in [0.5, 0.6) is 0 Å². The largest absolute Gasteiger partial charge is 0.458 e. The summed E-state index contributed by atoms with van der Waals surface area (Å²) in [7, 11) is 0. The number of para-hydroxylation sites is 1. The zero-order chi connectivity index (χ0) is 19.0. The smallest absolute Gasteiger partial charge is 0.269 e. The third-order valence-corrected chi connectivity index (χ3v) is 4.07. The molecule has 0 radical (unpaired) electrons. The number of imidazole rings is 1. The van der Waals surface area contributed by atoms with E-state index >= 15 is 0 Å². The summed E-state index contributed by atoms with van der Waals surface area (Å²) in [6.07, 6.45) is 0. The van der Waals surface area contributed by atoms with Crippen LogP contribution in [-0.4, -0.2) is 20.8 Å². The molecule has 2 aromatic heterocycles. The number of nitro groups is 1. The van der Waals surface area contributed by atoms with Crippen LogP contribution in [0.2, 0.25) is 0 Å². The Morgan fingerprint density at radius 2 is 1.93 bits per heavy atom. The molecule has 0 fully saturated rings.